The highest BCUT2D eigenvalue weighted by Crippen LogP contribution is 2.24. The predicted molar refractivity (Wildman–Crippen MR) is 79.4 cm³/mol. The average Bonchev–Trinajstić information content (AvgIpc) is 2.81. The molecule has 4 nitrogen and oxygen atoms in total. The van der Waals surface area contributed by atoms with E-state index in [1.54, 1.807) is 4.90 Å². The molecule has 2 amide bonds. The summed E-state index contributed by atoms with van der Waals surface area (Å²) in [5.41, 5.74) is 0.870. The molecule has 1 heterocycles. The first kappa shape index (κ1) is 14.6. The Hall–Kier alpha value is -1.84. The van der Waals surface area contributed by atoms with Crippen molar-refractivity contribution in [2.75, 3.05) is 18.0 Å². The van der Waals surface area contributed by atoms with Crippen LogP contribution in [0.25, 0.3) is 0 Å². The standard InChI is InChI=1S/C16H22N2O2/c1-12(2)8-10-17-15(19)14-9-11-18(16(14)20)13-6-4-3-5-7-13/h3-7,12,14H,8-11H2,1-2H3,(H,17,19)/t14-/m1/s1. The van der Waals surface area contributed by atoms with Gasteiger partial charge in [0.2, 0.25) is 11.8 Å². The van der Waals surface area contributed by atoms with Gasteiger partial charge in [0.25, 0.3) is 0 Å². The molecule has 1 saturated heterocycles. The topological polar surface area (TPSA) is 49.4 Å². The second-order valence-corrected chi connectivity index (χ2v) is 5.64. The Morgan fingerprint density at radius 3 is 2.70 bits per heavy atom. The van der Waals surface area contributed by atoms with Crippen LogP contribution in [0, 0.1) is 11.8 Å². The van der Waals surface area contributed by atoms with Gasteiger partial charge in [-0.05, 0) is 30.9 Å². The van der Waals surface area contributed by atoms with Crippen molar-refractivity contribution >= 4 is 17.5 Å². The van der Waals surface area contributed by atoms with Crippen molar-refractivity contribution in [3.05, 3.63) is 30.3 Å². The van der Waals surface area contributed by atoms with Crippen molar-refractivity contribution in [2.24, 2.45) is 11.8 Å². The Morgan fingerprint density at radius 2 is 2.05 bits per heavy atom. The molecule has 1 aromatic rings. The number of carbonyl (C=O) groups excluding carboxylic acids is 2. The summed E-state index contributed by atoms with van der Waals surface area (Å²) in [4.78, 5) is 26.1. The Bertz CT molecular complexity index is 471. The summed E-state index contributed by atoms with van der Waals surface area (Å²) in [5, 5.41) is 2.87. The van der Waals surface area contributed by atoms with E-state index in [2.05, 4.69) is 19.2 Å². The fraction of sp³-hybridized carbons (Fsp3) is 0.500. The lowest BCUT2D eigenvalue weighted by atomic mass is 10.1. The molecule has 1 N–H and O–H groups in total. The van der Waals surface area contributed by atoms with Crippen LogP contribution in [0.4, 0.5) is 5.69 Å². The van der Waals surface area contributed by atoms with Gasteiger partial charge in [0, 0.05) is 18.8 Å². The lowest BCUT2D eigenvalue weighted by Gasteiger charge is -2.16. The molecular weight excluding hydrogens is 252 g/mol. The van der Waals surface area contributed by atoms with Crippen LogP contribution >= 0.6 is 0 Å². The first-order chi connectivity index (χ1) is 9.59. The molecule has 4 heteroatoms. The fourth-order valence-electron chi connectivity index (χ4n) is 2.39. The molecule has 0 saturated carbocycles. The maximum absolute atomic E-state index is 12.3. The minimum Gasteiger partial charge on any atom is -0.355 e. The highest BCUT2D eigenvalue weighted by atomic mass is 16.2. The number of rotatable bonds is 5. The smallest absolute Gasteiger partial charge is 0.239 e. The predicted octanol–water partition coefficient (Wildman–Crippen LogP) is 2.20. The largest absolute Gasteiger partial charge is 0.355 e. The van der Waals surface area contributed by atoms with Gasteiger partial charge in [-0.25, -0.2) is 0 Å². The van der Waals surface area contributed by atoms with E-state index in [-0.39, 0.29) is 11.8 Å². The van der Waals surface area contributed by atoms with Crippen LogP contribution in [-0.2, 0) is 9.59 Å². The number of anilines is 1. The zero-order valence-corrected chi connectivity index (χ0v) is 12.1. The SMILES string of the molecule is CC(C)CCNC(=O)[C@H]1CCN(c2ccccc2)C1=O. The molecule has 2 rings (SSSR count). The van der Waals surface area contributed by atoms with Gasteiger partial charge in [-0.15, -0.1) is 0 Å². The average molecular weight is 274 g/mol. The zero-order valence-electron chi connectivity index (χ0n) is 12.1. The van der Waals surface area contributed by atoms with E-state index in [0.717, 1.165) is 12.1 Å². The molecule has 1 aromatic carbocycles. The highest BCUT2D eigenvalue weighted by molar-refractivity contribution is 6.09. The summed E-state index contributed by atoms with van der Waals surface area (Å²) >= 11 is 0. The van der Waals surface area contributed by atoms with Gasteiger partial charge in [0.1, 0.15) is 5.92 Å². The summed E-state index contributed by atoms with van der Waals surface area (Å²) < 4.78 is 0. The zero-order chi connectivity index (χ0) is 14.5. The molecule has 0 aromatic heterocycles. The van der Waals surface area contributed by atoms with Gasteiger partial charge in [-0.2, -0.15) is 0 Å². The van der Waals surface area contributed by atoms with Crippen molar-refractivity contribution in [1.82, 2.24) is 5.32 Å². The summed E-state index contributed by atoms with van der Waals surface area (Å²) in [5.74, 6) is -0.190. The van der Waals surface area contributed by atoms with Crippen LogP contribution in [-0.4, -0.2) is 24.9 Å². The molecule has 0 radical (unpaired) electrons. The summed E-state index contributed by atoms with van der Waals surface area (Å²) in [6, 6.07) is 9.52. The van der Waals surface area contributed by atoms with Crippen molar-refractivity contribution in [3.8, 4) is 0 Å². The van der Waals surface area contributed by atoms with Crippen LogP contribution in [0.15, 0.2) is 30.3 Å². The first-order valence-corrected chi connectivity index (χ1v) is 7.23. The quantitative estimate of drug-likeness (QED) is 0.837. The van der Waals surface area contributed by atoms with E-state index in [0.29, 0.717) is 25.4 Å². The normalized spacial score (nSPS) is 18.6. The number of amides is 2. The molecular formula is C16H22N2O2. The summed E-state index contributed by atoms with van der Waals surface area (Å²) in [6.45, 7) is 5.49. The number of nitrogens with one attached hydrogen (secondary N) is 1. The van der Waals surface area contributed by atoms with Crippen molar-refractivity contribution in [1.29, 1.82) is 0 Å². The minimum atomic E-state index is -0.526. The molecule has 0 bridgehead atoms. The maximum atomic E-state index is 12.3. The van der Waals surface area contributed by atoms with E-state index in [4.69, 9.17) is 0 Å². The van der Waals surface area contributed by atoms with Crippen LogP contribution < -0.4 is 10.2 Å². The second-order valence-electron chi connectivity index (χ2n) is 5.64. The molecule has 1 fully saturated rings. The Balaban J connectivity index is 1.92. The van der Waals surface area contributed by atoms with Crippen molar-refractivity contribution < 1.29 is 9.59 Å². The van der Waals surface area contributed by atoms with Gasteiger partial charge in [0.15, 0.2) is 0 Å². The molecule has 20 heavy (non-hydrogen) atoms. The van der Waals surface area contributed by atoms with Crippen molar-refractivity contribution in [2.45, 2.75) is 26.7 Å². The molecule has 1 atom stereocenters. The number of nitrogens with zero attached hydrogens (tertiary/aromatic N) is 1. The highest BCUT2D eigenvalue weighted by Gasteiger charge is 2.37. The van der Waals surface area contributed by atoms with Gasteiger partial charge in [0.05, 0.1) is 0 Å². The van der Waals surface area contributed by atoms with Gasteiger partial charge < -0.3 is 10.2 Å². The molecule has 108 valence electrons. The molecule has 0 unspecified atom stereocenters. The van der Waals surface area contributed by atoms with E-state index in [1.165, 1.54) is 0 Å². The third-order valence-corrected chi connectivity index (χ3v) is 3.61. The Kier molecular flexibility index (Phi) is 4.77. The molecule has 0 spiro atoms. The van der Waals surface area contributed by atoms with Gasteiger partial charge in [-0.1, -0.05) is 32.0 Å². The minimum absolute atomic E-state index is 0.0850. The number of benzene rings is 1. The lowest BCUT2D eigenvalue weighted by Crippen LogP contribution is -2.37. The monoisotopic (exact) mass is 274 g/mol. The lowest BCUT2D eigenvalue weighted by molar-refractivity contribution is -0.132. The summed E-state index contributed by atoms with van der Waals surface area (Å²) in [6.07, 6.45) is 1.54. The van der Waals surface area contributed by atoms with E-state index >= 15 is 0 Å². The number of para-hydroxylation sites is 1. The van der Waals surface area contributed by atoms with Crippen LogP contribution in [0.3, 0.4) is 0 Å². The maximum Gasteiger partial charge on any atom is 0.239 e. The molecule has 1 aliphatic heterocycles. The van der Waals surface area contributed by atoms with Gasteiger partial charge in [-0.3, -0.25) is 9.59 Å². The van der Waals surface area contributed by atoms with E-state index in [1.807, 2.05) is 30.3 Å². The third kappa shape index (κ3) is 3.38. The molecule has 0 aliphatic carbocycles. The van der Waals surface area contributed by atoms with E-state index < -0.39 is 5.92 Å². The third-order valence-electron chi connectivity index (χ3n) is 3.61. The van der Waals surface area contributed by atoms with Crippen LogP contribution in [0.1, 0.15) is 26.7 Å². The fourth-order valence-corrected chi connectivity index (χ4v) is 2.39. The van der Waals surface area contributed by atoms with Crippen LogP contribution in [0.2, 0.25) is 0 Å². The Morgan fingerprint density at radius 1 is 1.35 bits per heavy atom. The van der Waals surface area contributed by atoms with Gasteiger partial charge >= 0.3 is 0 Å². The molecule has 1 aliphatic rings. The van der Waals surface area contributed by atoms with E-state index in [9.17, 15) is 9.59 Å². The number of hydrogen-bond acceptors (Lipinski definition) is 2. The Labute approximate surface area is 120 Å². The summed E-state index contributed by atoms with van der Waals surface area (Å²) in [7, 11) is 0. The second kappa shape index (κ2) is 6.55. The first-order valence-electron chi connectivity index (χ1n) is 7.23. The number of hydrogen-bond donors (Lipinski definition) is 1. The number of carbonyl (C=O) groups is 2. The van der Waals surface area contributed by atoms with Crippen LogP contribution in [0.5, 0.6) is 0 Å². The van der Waals surface area contributed by atoms with Crippen molar-refractivity contribution in [3.63, 3.8) is 0 Å².